The molecule has 3 atom stereocenters. The van der Waals surface area contributed by atoms with Crippen molar-refractivity contribution in [1.82, 2.24) is 0 Å². The van der Waals surface area contributed by atoms with Crippen LogP contribution >= 0.6 is 0 Å². The van der Waals surface area contributed by atoms with Gasteiger partial charge >= 0.3 is 0 Å². The molecular formula is C14H20O. The molecule has 0 radical (unpaired) electrons. The minimum absolute atomic E-state index is 0.106. The quantitative estimate of drug-likeness (QED) is 0.744. The third kappa shape index (κ3) is 2.40. The highest BCUT2D eigenvalue weighted by Crippen LogP contribution is 2.35. The predicted octanol–water partition coefficient (Wildman–Crippen LogP) is 3.26. The van der Waals surface area contributed by atoms with Gasteiger partial charge in [-0.25, -0.2) is 0 Å². The molecule has 0 heterocycles. The summed E-state index contributed by atoms with van der Waals surface area (Å²) in [4.78, 5) is 0. The largest absolute Gasteiger partial charge is 0.393 e. The topological polar surface area (TPSA) is 20.2 Å². The van der Waals surface area contributed by atoms with Gasteiger partial charge in [-0.1, -0.05) is 36.8 Å². The Hall–Kier alpha value is -0.820. The van der Waals surface area contributed by atoms with Crippen LogP contribution in [0.4, 0.5) is 0 Å². The summed E-state index contributed by atoms with van der Waals surface area (Å²) in [5.74, 6) is 1.04. The maximum absolute atomic E-state index is 9.86. The van der Waals surface area contributed by atoms with Gasteiger partial charge in [-0.15, -0.1) is 0 Å². The molecule has 0 amide bonds. The van der Waals surface area contributed by atoms with Crippen molar-refractivity contribution in [1.29, 1.82) is 0 Å². The minimum Gasteiger partial charge on any atom is -0.393 e. The molecule has 1 N–H and O–H groups in total. The predicted molar refractivity (Wildman–Crippen MR) is 62.9 cm³/mol. The van der Waals surface area contributed by atoms with Gasteiger partial charge < -0.3 is 5.11 Å². The highest BCUT2D eigenvalue weighted by Gasteiger charge is 2.26. The third-order valence-corrected chi connectivity index (χ3v) is 3.70. The van der Waals surface area contributed by atoms with Crippen LogP contribution in [0.1, 0.15) is 43.2 Å². The van der Waals surface area contributed by atoms with Gasteiger partial charge in [0.05, 0.1) is 6.10 Å². The maximum atomic E-state index is 9.86. The Morgan fingerprint density at radius 2 is 1.80 bits per heavy atom. The molecule has 1 aliphatic rings. The number of aryl methyl sites for hydroxylation is 1. The molecule has 1 aromatic rings. The van der Waals surface area contributed by atoms with Crippen LogP contribution in [-0.4, -0.2) is 11.2 Å². The fourth-order valence-corrected chi connectivity index (χ4v) is 2.44. The number of aliphatic hydroxyl groups excluding tert-OH is 1. The summed E-state index contributed by atoms with van der Waals surface area (Å²) < 4.78 is 0. The molecule has 1 aromatic carbocycles. The zero-order valence-electron chi connectivity index (χ0n) is 9.61. The summed E-state index contributed by atoms with van der Waals surface area (Å²) in [5, 5.41) is 9.86. The van der Waals surface area contributed by atoms with Crippen LogP contribution in [0.15, 0.2) is 24.3 Å². The van der Waals surface area contributed by atoms with Crippen molar-refractivity contribution in [3.8, 4) is 0 Å². The van der Waals surface area contributed by atoms with E-state index >= 15 is 0 Å². The molecule has 0 bridgehead atoms. The van der Waals surface area contributed by atoms with Crippen molar-refractivity contribution in [3.63, 3.8) is 0 Å². The van der Waals surface area contributed by atoms with E-state index in [0.717, 1.165) is 12.8 Å². The third-order valence-electron chi connectivity index (χ3n) is 3.70. The van der Waals surface area contributed by atoms with Crippen molar-refractivity contribution in [3.05, 3.63) is 35.4 Å². The van der Waals surface area contributed by atoms with Crippen molar-refractivity contribution in [2.45, 2.75) is 45.1 Å². The Labute approximate surface area is 92.1 Å². The second-order valence-corrected chi connectivity index (χ2v) is 4.97. The summed E-state index contributed by atoms with van der Waals surface area (Å²) in [6.45, 7) is 4.26. The van der Waals surface area contributed by atoms with Gasteiger partial charge in [0.1, 0.15) is 0 Å². The molecule has 2 unspecified atom stereocenters. The molecule has 2 rings (SSSR count). The highest BCUT2D eigenvalue weighted by molar-refractivity contribution is 5.25. The Kier molecular flexibility index (Phi) is 3.11. The molecule has 1 nitrogen and oxygen atoms in total. The lowest BCUT2D eigenvalue weighted by molar-refractivity contribution is 0.0696. The molecule has 1 saturated carbocycles. The average Bonchev–Trinajstić information content (AvgIpc) is 2.23. The first-order valence-electron chi connectivity index (χ1n) is 5.91. The van der Waals surface area contributed by atoms with Crippen LogP contribution in [-0.2, 0) is 0 Å². The molecule has 15 heavy (non-hydrogen) atoms. The summed E-state index contributed by atoms with van der Waals surface area (Å²) in [6, 6.07) is 8.75. The molecule has 0 spiro atoms. The first kappa shape index (κ1) is 10.7. The molecule has 1 aliphatic carbocycles. The van der Waals surface area contributed by atoms with Crippen LogP contribution in [0, 0.1) is 12.8 Å². The van der Waals surface area contributed by atoms with Crippen molar-refractivity contribution in [2.75, 3.05) is 0 Å². The van der Waals surface area contributed by atoms with E-state index in [1.54, 1.807) is 0 Å². The van der Waals surface area contributed by atoms with Gasteiger partial charge in [-0.05, 0) is 43.6 Å². The van der Waals surface area contributed by atoms with Crippen LogP contribution < -0.4 is 0 Å². The van der Waals surface area contributed by atoms with Crippen molar-refractivity contribution in [2.24, 2.45) is 5.92 Å². The average molecular weight is 204 g/mol. The fourth-order valence-electron chi connectivity index (χ4n) is 2.44. The number of rotatable bonds is 1. The van der Waals surface area contributed by atoms with Crippen LogP contribution in [0.5, 0.6) is 0 Å². The Morgan fingerprint density at radius 1 is 1.13 bits per heavy atom. The number of hydrogen-bond donors (Lipinski definition) is 1. The molecule has 0 aliphatic heterocycles. The summed E-state index contributed by atoms with van der Waals surface area (Å²) in [7, 11) is 0. The van der Waals surface area contributed by atoms with E-state index < -0.39 is 0 Å². The zero-order valence-corrected chi connectivity index (χ0v) is 9.61. The lowest BCUT2D eigenvalue weighted by Gasteiger charge is -2.31. The minimum atomic E-state index is -0.106. The summed E-state index contributed by atoms with van der Waals surface area (Å²) >= 11 is 0. The molecular weight excluding hydrogens is 184 g/mol. The highest BCUT2D eigenvalue weighted by atomic mass is 16.3. The summed E-state index contributed by atoms with van der Waals surface area (Å²) in [5.41, 5.74) is 2.70. The maximum Gasteiger partial charge on any atom is 0.0571 e. The first-order chi connectivity index (χ1) is 7.16. The van der Waals surface area contributed by atoms with Gasteiger partial charge in [0.25, 0.3) is 0 Å². The lowest BCUT2D eigenvalue weighted by atomic mass is 9.77. The van der Waals surface area contributed by atoms with E-state index in [2.05, 4.69) is 38.1 Å². The van der Waals surface area contributed by atoms with Gasteiger partial charge in [-0.3, -0.25) is 0 Å². The Bertz CT molecular complexity index is 315. The van der Waals surface area contributed by atoms with E-state index in [1.807, 2.05) is 0 Å². The van der Waals surface area contributed by atoms with E-state index in [1.165, 1.54) is 17.5 Å². The smallest absolute Gasteiger partial charge is 0.0571 e. The number of benzene rings is 1. The lowest BCUT2D eigenvalue weighted by Crippen LogP contribution is -2.26. The van der Waals surface area contributed by atoms with Gasteiger partial charge in [0.15, 0.2) is 0 Å². The van der Waals surface area contributed by atoms with E-state index in [-0.39, 0.29) is 6.10 Å². The zero-order chi connectivity index (χ0) is 10.8. The molecule has 1 fully saturated rings. The van der Waals surface area contributed by atoms with E-state index in [0.29, 0.717) is 11.8 Å². The SMILES string of the molecule is Cc1ccc(C2CC[C@H](C)C(O)C2)cc1. The Morgan fingerprint density at radius 3 is 2.40 bits per heavy atom. The van der Waals surface area contributed by atoms with Gasteiger partial charge in [0, 0.05) is 0 Å². The number of hydrogen-bond acceptors (Lipinski definition) is 1. The standard InChI is InChI=1S/C14H20O/c1-10-3-6-12(7-4-10)13-8-5-11(2)14(15)9-13/h3-4,6-7,11,13-15H,5,8-9H2,1-2H3/t11-,13?,14?/m0/s1. The molecule has 82 valence electrons. The van der Waals surface area contributed by atoms with Crippen molar-refractivity contribution >= 4 is 0 Å². The Balaban J connectivity index is 2.08. The molecule has 1 heteroatoms. The van der Waals surface area contributed by atoms with Crippen LogP contribution in [0.3, 0.4) is 0 Å². The van der Waals surface area contributed by atoms with Gasteiger partial charge in [-0.2, -0.15) is 0 Å². The van der Waals surface area contributed by atoms with Gasteiger partial charge in [0.2, 0.25) is 0 Å². The number of aliphatic hydroxyl groups is 1. The van der Waals surface area contributed by atoms with E-state index in [9.17, 15) is 5.11 Å². The fraction of sp³-hybridized carbons (Fsp3) is 0.571. The second-order valence-electron chi connectivity index (χ2n) is 4.97. The monoisotopic (exact) mass is 204 g/mol. The first-order valence-corrected chi connectivity index (χ1v) is 5.91. The van der Waals surface area contributed by atoms with E-state index in [4.69, 9.17) is 0 Å². The molecule has 0 aromatic heterocycles. The van der Waals surface area contributed by atoms with Crippen molar-refractivity contribution < 1.29 is 5.11 Å². The second kappa shape index (κ2) is 4.36. The normalized spacial score (nSPS) is 31.5. The van der Waals surface area contributed by atoms with Crippen LogP contribution in [0.2, 0.25) is 0 Å². The van der Waals surface area contributed by atoms with Crippen LogP contribution in [0.25, 0.3) is 0 Å². The summed E-state index contributed by atoms with van der Waals surface area (Å²) in [6.07, 6.45) is 3.20. The molecule has 0 saturated heterocycles.